The van der Waals surface area contributed by atoms with Gasteiger partial charge in [-0.15, -0.1) is 0 Å². The predicted octanol–water partition coefficient (Wildman–Crippen LogP) is 4.80. The second kappa shape index (κ2) is 9.40. The maximum absolute atomic E-state index is 9.84. The van der Waals surface area contributed by atoms with Crippen LogP contribution in [-0.2, 0) is 6.42 Å². The molecule has 3 nitrogen and oxygen atoms in total. The van der Waals surface area contributed by atoms with Crippen LogP contribution in [0.4, 0.5) is 0 Å². The highest BCUT2D eigenvalue weighted by Crippen LogP contribution is 2.23. The van der Waals surface area contributed by atoms with Gasteiger partial charge in [0.05, 0.1) is 6.21 Å². The Bertz CT molecular complexity index is 427. The summed E-state index contributed by atoms with van der Waals surface area (Å²) >= 11 is 0. The molecule has 0 fully saturated rings. The van der Waals surface area contributed by atoms with Gasteiger partial charge in [0, 0.05) is 5.56 Å². The van der Waals surface area contributed by atoms with E-state index in [2.05, 4.69) is 12.1 Å². The first kappa shape index (κ1) is 16.5. The first-order valence-electron chi connectivity index (χ1n) is 7.69. The van der Waals surface area contributed by atoms with Crippen LogP contribution in [0.3, 0.4) is 0 Å². The third kappa shape index (κ3) is 5.64. The molecule has 0 saturated carbocycles. The van der Waals surface area contributed by atoms with Crippen molar-refractivity contribution in [3.63, 3.8) is 0 Å². The molecule has 0 unspecified atom stereocenters. The Morgan fingerprint density at radius 3 is 2.35 bits per heavy atom. The van der Waals surface area contributed by atoms with E-state index < -0.39 is 0 Å². The van der Waals surface area contributed by atoms with Crippen LogP contribution in [0.15, 0.2) is 17.3 Å². The van der Waals surface area contributed by atoms with E-state index in [0.717, 1.165) is 12.0 Å². The molecule has 0 aliphatic carbocycles. The van der Waals surface area contributed by atoms with Gasteiger partial charge < -0.3 is 10.3 Å². The number of nitrogens with zero attached hydrogens (tertiary/aromatic N) is 1. The van der Waals surface area contributed by atoms with Gasteiger partial charge in [0.15, 0.2) is 0 Å². The molecular formula is C17H27NO2. The Morgan fingerprint density at radius 1 is 1.05 bits per heavy atom. The molecular weight excluding hydrogens is 250 g/mol. The van der Waals surface area contributed by atoms with Crippen molar-refractivity contribution >= 4 is 6.21 Å². The highest BCUT2D eigenvalue weighted by Gasteiger charge is 2.05. The fraction of sp³-hybridized carbons (Fsp3) is 0.588. The van der Waals surface area contributed by atoms with Gasteiger partial charge in [0.2, 0.25) is 0 Å². The Labute approximate surface area is 122 Å². The monoisotopic (exact) mass is 277 g/mol. The molecule has 0 spiro atoms. The molecule has 1 rings (SSSR count). The Balaban J connectivity index is 2.40. The lowest BCUT2D eigenvalue weighted by Gasteiger charge is -2.08. The molecule has 0 bridgehead atoms. The standard InChI is InChI=1S/C17H27NO2/c1-3-4-5-6-7-8-9-10-15-11-14(2)17(19)16(12-15)13-18-20/h11-13,19-20H,3-10H2,1-2H3/b18-13+. The van der Waals surface area contributed by atoms with Crippen molar-refractivity contribution in [2.45, 2.75) is 65.2 Å². The first-order valence-corrected chi connectivity index (χ1v) is 7.69. The number of aromatic hydroxyl groups is 1. The fourth-order valence-electron chi connectivity index (χ4n) is 2.48. The minimum absolute atomic E-state index is 0.200. The number of oxime groups is 1. The molecule has 1 aromatic carbocycles. The van der Waals surface area contributed by atoms with E-state index >= 15 is 0 Å². The molecule has 0 aromatic heterocycles. The summed E-state index contributed by atoms with van der Waals surface area (Å²) in [6.07, 6.45) is 11.4. The zero-order valence-electron chi connectivity index (χ0n) is 12.7. The van der Waals surface area contributed by atoms with E-state index in [1.807, 2.05) is 19.1 Å². The van der Waals surface area contributed by atoms with E-state index in [0.29, 0.717) is 5.56 Å². The average Bonchev–Trinajstić information content (AvgIpc) is 2.43. The maximum atomic E-state index is 9.84. The molecule has 0 radical (unpaired) electrons. The van der Waals surface area contributed by atoms with Crippen molar-refractivity contribution in [3.05, 3.63) is 28.8 Å². The summed E-state index contributed by atoms with van der Waals surface area (Å²) in [5.74, 6) is 0.200. The summed E-state index contributed by atoms with van der Waals surface area (Å²) in [6.45, 7) is 4.11. The molecule has 0 aliphatic rings. The second-order valence-corrected chi connectivity index (χ2v) is 5.47. The van der Waals surface area contributed by atoms with Crippen LogP contribution in [-0.4, -0.2) is 16.5 Å². The normalized spacial score (nSPS) is 11.3. The van der Waals surface area contributed by atoms with Gasteiger partial charge in [-0.25, -0.2) is 0 Å². The molecule has 0 heterocycles. The lowest BCUT2D eigenvalue weighted by atomic mass is 10.00. The molecule has 20 heavy (non-hydrogen) atoms. The summed E-state index contributed by atoms with van der Waals surface area (Å²) < 4.78 is 0. The van der Waals surface area contributed by atoms with E-state index in [4.69, 9.17) is 5.21 Å². The Morgan fingerprint density at radius 2 is 1.70 bits per heavy atom. The lowest BCUT2D eigenvalue weighted by Crippen LogP contribution is -1.93. The first-order chi connectivity index (χ1) is 9.69. The fourth-order valence-corrected chi connectivity index (χ4v) is 2.48. The van der Waals surface area contributed by atoms with Crippen molar-refractivity contribution in [2.24, 2.45) is 5.16 Å². The van der Waals surface area contributed by atoms with Crippen LogP contribution >= 0.6 is 0 Å². The van der Waals surface area contributed by atoms with Gasteiger partial charge in [-0.05, 0) is 37.0 Å². The average molecular weight is 277 g/mol. The molecule has 112 valence electrons. The van der Waals surface area contributed by atoms with Gasteiger partial charge in [-0.1, -0.05) is 56.7 Å². The molecule has 0 amide bonds. The predicted molar refractivity (Wildman–Crippen MR) is 83.9 cm³/mol. The summed E-state index contributed by atoms with van der Waals surface area (Å²) in [6, 6.07) is 3.92. The molecule has 0 atom stereocenters. The summed E-state index contributed by atoms with van der Waals surface area (Å²) in [7, 11) is 0. The van der Waals surface area contributed by atoms with Crippen LogP contribution in [0, 0.1) is 6.92 Å². The zero-order chi connectivity index (χ0) is 14.8. The van der Waals surface area contributed by atoms with E-state index in [9.17, 15) is 5.11 Å². The number of rotatable bonds is 9. The molecule has 2 N–H and O–H groups in total. The largest absolute Gasteiger partial charge is 0.507 e. The number of benzene rings is 1. The van der Waals surface area contributed by atoms with Crippen molar-refractivity contribution in [2.75, 3.05) is 0 Å². The summed E-state index contributed by atoms with van der Waals surface area (Å²) in [5.41, 5.74) is 2.62. The van der Waals surface area contributed by atoms with Gasteiger partial charge in [-0.2, -0.15) is 0 Å². The van der Waals surface area contributed by atoms with Crippen LogP contribution < -0.4 is 0 Å². The molecule has 3 heteroatoms. The number of phenolic OH excluding ortho intramolecular Hbond substituents is 1. The number of phenols is 1. The van der Waals surface area contributed by atoms with Gasteiger partial charge in [0.25, 0.3) is 0 Å². The smallest absolute Gasteiger partial charge is 0.127 e. The van der Waals surface area contributed by atoms with Crippen LogP contribution in [0.25, 0.3) is 0 Å². The van der Waals surface area contributed by atoms with Crippen molar-refractivity contribution in [1.82, 2.24) is 0 Å². The lowest BCUT2D eigenvalue weighted by molar-refractivity contribution is 0.321. The second-order valence-electron chi connectivity index (χ2n) is 5.47. The maximum Gasteiger partial charge on any atom is 0.127 e. The summed E-state index contributed by atoms with van der Waals surface area (Å²) in [5, 5.41) is 21.4. The van der Waals surface area contributed by atoms with E-state index in [1.54, 1.807) is 0 Å². The number of unbranched alkanes of at least 4 members (excludes halogenated alkanes) is 6. The highest BCUT2D eigenvalue weighted by molar-refractivity contribution is 5.84. The minimum atomic E-state index is 0.200. The number of aryl methyl sites for hydroxylation is 2. The van der Waals surface area contributed by atoms with Crippen molar-refractivity contribution in [1.29, 1.82) is 0 Å². The van der Waals surface area contributed by atoms with E-state index in [1.165, 1.54) is 56.7 Å². The van der Waals surface area contributed by atoms with Gasteiger partial charge in [0.1, 0.15) is 5.75 Å². The number of hydrogen-bond donors (Lipinski definition) is 2. The number of hydrogen-bond acceptors (Lipinski definition) is 3. The quantitative estimate of drug-likeness (QED) is 0.295. The zero-order valence-corrected chi connectivity index (χ0v) is 12.7. The highest BCUT2D eigenvalue weighted by atomic mass is 16.4. The molecule has 0 saturated heterocycles. The van der Waals surface area contributed by atoms with Crippen LogP contribution in [0.1, 0.15) is 68.6 Å². The SMILES string of the molecule is CCCCCCCCCc1cc(C)c(O)c(/C=N/O)c1. The Hall–Kier alpha value is -1.51. The van der Waals surface area contributed by atoms with Gasteiger partial charge in [-0.3, -0.25) is 0 Å². The van der Waals surface area contributed by atoms with Crippen LogP contribution in [0.2, 0.25) is 0 Å². The van der Waals surface area contributed by atoms with E-state index in [-0.39, 0.29) is 5.75 Å². The summed E-state index contributed by atoms with van der Waals surface area (Å²) in [4.78, 5) is 0. The minimum Gasteiger partial charge on any atom is -0.507 e. The van der Waals surface area contributed by atoms with Crippen LogP contribution in [0.5, 0.6) is 5.75 Å². The molecule has 0 aliphatic heterocycles. The van der Waals surface area contributed by atoms with Crippen molar-refractivity contribution in [3.8, 4) is 5.75 Å². The molecule has 1 aromatic rings. The topological polar surface area (TPSA) is 52.8 Å². The third-order valence-corrected chi connectivity index (χ3v) is 3.66. The third-order valence-electron chi connectivity index (χ3n) is 3.66. The van der Waals surface area contributed by atoms with Gasteiger partial charge >= 0.3 is 0 Å². The Kier molecular flexibility index (Phi) is 7.78. The van der Waals surface area contributed by atoms with Crippen molar-refractivity contribution < 1.29 is 10.3 Å².